The molecule has 0 aromatic rings. The summed E-state index contributed by atoms with van der Waals surface area (Å²) < 4.78 is 2.72. The van der Waals surface area contributed by atoms with Crippen molar-refractivity contribution < 1.29 is 9.53 Å². The first-order valence-electron chi connectivity index (χ1n) is 3.28. The van der Waals surface area contributed by atoms with Crippen molar-refractivity contribution in [3.63, 3.8) is 0 Å². The minimum absolute atomic E-state index is 0.238. The first-order valence-corrected chi connectivity index (χ1v) is 4.90. The lowest BCUT2D eigenvalue weighted by atomic mass is 10.3. The van der Waals surface area contributed by atoms with Gasteiger partial charge in [0.15, 0.2) is 4.84 Å². The summed E-state index contributed by atoms with van der Waals surface area (Å²) in [6.45, 7) is 1.82. The molecule has 0 aliphatic rings. The van der Waals surface area contributed by atoms with Gasteiger partial charge in [-0.15, -0.1) is 0 Å². The van der Waals surface area contributed by atoms with Crippen LogP contribution in [-0.2, 0) is 9.53 Å². The molecule has 12 heavy (non-hydrogen) atoms. The fraction of sp³-hybridized carbons (Fsp3) is 0.833. The van der Waals surface area contributed by atoms with Gasteiger partial charge in [0, 0.05) is 6.42 Å². The average Bonchev–Trinajstić information content (AvgIpc) is 1.85. The summed E-state index contributed by atoms with van der Waals surface area (Å²) in [6, 6.07) is 0. The lowest BCUT2D eigenvalue weighted by Gasteiger charge is -2.20. The van der Waals surface area contributed by atoms with Gasteiger partial charge in [0.2, 0.25) is 0 Å². The van der Waals surface area contributed by atoms with E-state index in [2.05, 4.69) is 4.74 Å². The van der Waals surface area contributed by atoms with Crippen LogP contribution in [0, 0.1) is 0 Å². The van der Waals surface area contributed by atoms with Crippen LogP contribution in [0.3, 0.4) is 0 Å². The van der Waals surface area contributed by atoms with E-state index in [0.717, 1.165) is 0 Å². The van der Waals surface area contributed by atoms with Gasteiger partial charge in [-0.05, 0) is 6.42 Å². The average molecular weight is 254 g/mol. The predicted molar refractivity (Wildman–Crippen MR) is 50.9 cm³/mol. The standard InChI is InChI=1S/C6H8Cl4O2/c1-2-3-4(11)12-6(9,10)5(7)8/h5H,2-3H2,1H3. The summed E-state index contributed by atoms with van der Waals surface area (Å²) in [5.41, 5.74) is 0. The quantitative estimate of drug-likeness (QED) is 0.568. The number of hydrogen-bond donors (Lipinski definition) is 0. The zero-order valence-corrected chi connectivity index (χ0v) is 9.34. The Hall–Kier alpha value is 0.630. The predicted octanol–water partition coefficient (Wildman–Crippen LogP) is 3.26. The Kier molecular flexibility index (Phi) is 5.66. The van der Waals surface area contributed by atoms with Crippen LogP contribution in [0.1, 0.15) is 19.8 Å². The summed E-state index contributed by atoms with van der Waals surface area (Å²) in [7, 11) is 0. The molecule has 0 fully saturated rings. The number of rotatable bonds is 4. The molecule has 0 N–H and O–H groups in total. The lowest BCUT2D eigenvalue weighted by Crippen LogP contribution is -2.29. The van der Waals surface area contributed by atoms with Gasteiger partial charge in [0.05, 0.1) is 0 Å². The Balaban J connectivity index is 3.97. The van der Waals surface area contributed by atoms with Crippen LogP contribution in [0.25, 0.3) is 0 Å². The molecular weight excluding hydrogens is 246 g/mol. The molecule has 0 aromatic heterocycles. The van der Waals surface area contributed by atoms with E-state index in [1.165, 1.54) is 0 Å². The summed E-state index contributed by atoms with van der Waals surface area (Å²) in [6.07, 6.45) is 0.889. The molecule has 0 heterocycles. The van der Waals surface area contributed by atoms with E-state index in [-0.39, 0.29) is 6.42 Å². The van der Waals surface area contributed by atoms with Gasteiger partial charge in [0.25, 0.3) is 4.52 Å². The van der Waals surface area contributed by atoms with Gasteiger partial charge in [0.1, 0.15) is 0 Å². The molecule has 0 radical (unpaired) electrons. The number of halogens is 4. The smallest absolute Gasteiger partial charge is 0.308 e. The Morgan fingerprint density at radius 3 is 2.33 bits per heavy atom. The van der Waals surface area contributed by atoms with Crippen LogP contribution in [-0.4, -0.2) is 15.3 Å². The Bertz CT molecular complexity index is 158. The van der Waals surface area contributed by atoms with Gasteiger partial charge < -0.3 is 4.74 Å². The monoisotopic (exact) mass is 252 g/mol. The normalized spacial score (nSPS) is 11.8. The van der Waals surface area contributed by atoms with E-state index >= 15 is 0 Å². The van der Waals surface area contributed by atoms with Crippen LogP contribution >= 0.6 is 46.4 Å². The summed E-state index contributed by atoms with van der Waals surface area (Å²) in [4.78, 5) is 9.69. The number of esters is 1. The van der Waals surface area contributed by atoms with Crippen LogP contribution in [0.2, 0.25) is 0 Å². The van der Waals surface area contributed by atoms with Gasteiger partial charge in [-0.25, -0.2) is 0 Å². The molecule has 0 atom stereocenters. The van der Waals surface area contributed by atoms with Crippen molar-refractivity contribution in [2.45, 2.75) is 29.1 Å². The van der Waals surface area contributed by atoms with Gasteiger partial charge in [-0.3, -0.25) is 4.79 Å². The van der Waals surface area contributed by atoms with Gasteiger partial charge in [-0.2, -0.15) is 0 Å². The van der Waals surface area contributed by atoms with Crippen molar-refractivity contribution in [1.82, 2.24) is 0 Å². The maximum atomic E-state index is 10.9. The van der Waals surface area contributed by atoms with Gasteiger partial charge in [-0.1, -0.05) is 53.3 Å². The first-order chi connectivity index (χ1) is 5.40. The van der Waals surface area contributed by atoms with Gasteiger partial charge >= 0.3 is 5.97 Å². The highest BCUT2D eigenvalue weighted by atomic mass is 35.5. The molecule has 0 saturated heterocycles. The second-order valence-electron chi connectivity index (χ2n) is 2.09. The number of ether oxygens (including phenoxy) is 1. The van der Waals surface area contributed by atoms with Crippen LogP contribution in [0.5, 0.6) is 0 Å². The zero-order valence-electron chi connectivity index (χ0n) is 6.32. The second kappa shape index (κ2) is 5.38. The Morgan fingerprint density at radius 1 is 1.50 bits per heavy atom. The minimum atomic E-state index is -1.85. The third-order valence-electron chi connectivity index (χ3n) is 0.958. The molecule has 0 spiro atoms. The zero-order chi connectivity index (χ0) is 9.78. The molecule has 0 saturated carbocycles. The topological polar surface area (TPSA) is 26.3 Å². The number of hydrogen-bond acceptors (Lipinski definition) is 2. The van der Waals surface area contributed by atoms with E-state index in [1.807, 2.05) is 6.92 Å². The summed E-state index contributed by atoms with van der Waals surface area (Å²) in [5.74, 6) is -0.520. The molecule has 0 aromatic carbocycles. The van der Waals surface area contributed by atoms with Crippen molar-refractivity contribution in [3.8, 4) is 0 Å². The molecule has 6 heteroatoms. The number of carbonyl (C=O) groups is 1. The van der Waals surface area contributed by atoms with Crippen LogP contribution in [0.4, 0.5) is 0 Å². The molecule has 0 unspecified atom stereocenters. The van der Waals surface area contributed by atoms with Crippen LogP contribution < -0.4 is 0 Å². The third-order valence-corrected chi connectivity index (χ3v) is 2.61. The largest absolute Gasteiger partial charge is 0.426 e. The molecule has 0 aliphatic carbocycles. The van der Waals surface area contributed by atoms with E-state index in [0.29, 0.717) is 6.42 Å². The Morgan fingerprint density at radius 2 is 2.00 bits per heavy atom. The molecule has 72 valence electrons. The SMILES string of the molecule is CCCC(=O)OC(Cl)(Cl)C(Cl)Cl. The molecular formula is C6H8Cl4O2. The van der Waals surface area contributed by atoms with E-state index in [4.69, 9.17) is 46.4 Å². The third kappa shape index (κ3) is 4.61. The highest BCUT2D eigenvalue weighted by Gasteiger charge is 2.36. The molecule has 0 rings (SSSR count). The number of carbonyl (C=O) groups excluding carboxylic acids is 1. The summed E-state index contributed by atoms with van der Waals surface area (Å²) in [5, 5.41) is 0. The van der Waals surface area contributed by atoms with E-state index in [9.17, 15) is 4.79 Å². The van der Waals surface area contributed by atoms with Crippen molar-refractivity contribution in [2.24, 2.45) is 0 Å². The maximum Gasteiger partial charge on any atom is 0.308 e. The fourth-order valence-electron chi connectivity index (χ4n) is 0.451. The lowest BCUT2D eigenvalue weighted by molar-refractivity contribution is -0.147. The first kappa shape index (κ1) is 12.6. The van der Waals surface area contributed by atoms with Crippen molar-refractivity contribution in [1.29, 1.82) is 0 Å². The van der Waals surface area contributed by atoms with Crippen molar-refractivity contribution >= 4 is 52.4 Å². The molecule has 0 amide bonds. The van der Waals surface area contributed by atoms with E-state index < -0.39 is 15.3 Å². The Labute approximate surface area is 91.1 Å². The highest BCUT2D eigenvalue weighted by molar-refractivity contribution is 6.59. The summed E-state index contributed by atoms with van der Waals surface area (Å²) >= 11 is 21.6. The van der Waals surface area contributed by atoms with E-state index in [1.54, 1.807) is 0 Å². The molecule has 0 bridgehead atoms. The second-order valence-corrected chi connectivity index (χ2v) is 4.50. The fourth-order valence-corrected chi connectivity index (χ4v) is 0.713. The number of alkyl halides is 4. The minimum Gasteiger partial charge on any atom is -0.426 e. The highest BCUT2D eigenvalue weighted by Crippen LogP contribution is 2.33. The maximum absolute atomic E-state index is 10.9. The van der Waals surface area contributed by atoms with Crippen molar-refractivity contribution in [2.75, 3.05) is 0 Å². The molecule has 2 nitrogen and oxygen atoms in total. The van der Waals surface area contributed by atoms with Crippen LogP contribution in [0.15, 0.2) is 0 Å². The molecule has 0 aliphatic heterocycles. The van der Waals surface area contributed by atoms with Crippen molar-refractivity contribution in [3.05, 3.63) is 0 Å².